The quantitative estimate of drug-likeness (QED) is 0.865. The maximum Gasteiger partial charge on any atom is 0.255 e. The van der Waals surface area contributed by atoms with Crippen LogP contribution in [0.5, 0.6) is 5.75 Å². The molecule has 18 heavy (non-hydrogen) atoms. The Kier molecular flexibility index (Phi) is 3.32. The maximum absolute atomic E-state index is 11.9. The third kappa shape index (κ3) is 2.51. The van der Waals surface area contributed by atoms with Crippen molar-refractivity contribution in [1.29, 1.82) is 0 Å². The number of aromatic hydroxyl groups is 1. The van der Waals surface area contributed by atoms with Gasteiger partial charge in [-0.25, -0.2) is 4.68 Å². The first-order valence-corrected chi connectivity index (χ1v) is 5.72. The van der Waals surface area contributed by atoms with Crippen molar-refractivity contribution in [2.75, 3.05) is 0 Å². The second kappa shape index (κ2) is 4.91. The van der Waals surface area contributed by atoms with E-state index < -0.39 is 0 Å². The van der Waals surface area contributed by atoms with Gasteiger partial charge in [-0.05, 0) is 38.1 Å². The monoisotopic (exact) mass is 245 g/mol. The maximum atomic E-state index is 11.9. The molecule has 0 unspecified atom stereocenters. The molecular weight excluding hydrogens is 230 g/mol. The lowest BCUT2D eigenvalue weighted by atomic mass is 10.1. The molecule has 0 atom stereocenters. The van der Waals surface area contributed by atoms with Gasteiger partial charge >= 0.3 is 0 Å². The number of nitrogens with one attached hydrogen (secondary N) is 1. The Morgan fingerprint density at radius 3 is 2.83 bits per heavy atom. The molecule has 1 aromatic carbocycles. The number of hydrogen-bond donors (Lipinski definition) is 2. The molecule has 0 saturated heterocycles. The van der Waals surface area contributed by atoms with Gasteiger partial charge < -0.3 is 10.4 Å². The molecule has 0 aliphatic carbocycles. The van der Waals surface area contributed by atoms with Crippen LogP contribution in [0.1, 0.15) is 24.2 Å². The molecule has 0 fully saturated rings. The van der Waals surface area contributed by atoms with Crippen LogP contribution in [0.3, 0.4) is 0 Å². The molecule has 0 aliphatic rings. The smallest absolute Gasteiger partial charge is 0.255 e. The minimum absolute atomic E-state index is 0.0188. The van der Waals surface area contributed by atoms with Crippen LogP contribution in [-0.4, -0.2) is 26.8 Å². The summed E-state index contributed by atoms with van der Waals surface area (Å²) in [7, 11) is 0. The molecule has 0 bridgehead atoms. The van der Waals surface area contributed by atoms with Crippen LogP contribution in [0, 0.1) is 0 Å². The average molecular weight is 245 g/mol. The number of carbonyl (C=O) groups is 1. The summed E-state index contributed by atoms with van der Waals surface area (Å²) in [6, 6.07) is 6.62. The predicted molar refractivity (Wildman–Crippen MR) is 67.8 cm³/mol. The van der Waals surface area contributed by atoms with Gasteiger partial charge in [-0.15, -0.1) is 0 Å². The predicted octanol–water partition coefficient (Wildman–Crippen LogP) is 1.72. The van der Waals surface area contributed by atoms with Crippen molar-refractivity contribution in [3.8, 4) is 11.4 Å². The van der Waals surface area contributed by atoms with Crippen LogP contribution >= 0.6 is 0 Å². The average Bonchev–Trinajstić information content (AvgIpc) is 2.82. The minimum Gasteiger partial charge on any atom is -0.507 e. The number of phenolic OH excluding ortho intramolecular Hbond substituents is 1. The summed E-state index contributed by atoms with van der Waals surface area (Å²) in [4.78, 5) is 11.9. The van der Waals surface area contributed by atoms with E-state index in [0.29, 0.717) is 0 Å². The number of aromatic nitrogens is 2. The lowest BCUT2D eigenvalue weighted by Gasteiger charge is -2.11. The number of carbonyl (C=O) groups excluding carboxylic acids is 1. The normalized spacial score (nSPS) is 10.6. The summed E-state index contributed by atoms with van der Waals surface area (Å²) < 4.78 is 1.63. The topological polar surface area (TPSA) is 67.2 Å². The van der Waals surface area contributed by atoms with Gasteiger partial charge in [-0.2, -0.15) is 5.10 Å². The minimum atomic E-state index is -0.295. The molecule has 0 saturated carbocycles. The Morgan fingerprint density at radius 2 is 2.22 bits per heavy atom. The van der Waals surface area contributed by atoms with Crippen molar-refractivity contribution in [1.82, 2.24) is 15.1 Å². The molecule has 94 valence electrons. The first-order valence-electron chi connectivity index (χ1n) is 5.72. The zero-order chi connectivity index (χ0) is 13.1. The molecular formula is C13H15N3O2. The van der Waals surface area contributed by atoms with Gasteiger partial charge in [0.15, 0.2) is 0 Å². The summed E-state index contributed by atoms with van der Waals surface area (Å²) in [6.45, 7) is 3.73. The fourth-order valence-electron chi connectivity index (χ4n) is 1.61. The van der Waals surface area contributed by atoms with Crippen LogP contribution in [0.25, 0.3) is 5.69 Å². The van der Waals surface area contributed by atoms with Crippen LogP contribution in [0.15, 0.2) is 36.7 Å². The highest BCUT2D eigenvalue weighted by Gasteiger charge is 2.13. The summed E-state index contributed by atoms with van der Waals surface area (Å²) in [5.41, 5.74) is 0.975. The number of nitrogens with zero attached hydrogens (tertiary/aromatic N) is 2. The highest BCUT2D eigenvalue weighted by Crippen LogP contribution is 2.20. The highest BCUT2D eigenvalue weighted by molar-refractivity contribution is 5.97. The van der Waals surface area contributed by atoms with Gasteiger partial charge in [0.05, 0.1) is 11.3 Å². The molecule has 1 aromatic heterocycles. The van der Waals surface area contributed by atoms with E-state index in [9.17, 15) is 9.90 Å². The van der Waals surface area contributed by atoms with E-state index in [4.69, 9.17) is 0 Å². The molecule has 1 heterocycles. The highest BCUT2D eigenvalue weighted by atomic mass is 16.3. The van der Waals surface area contributed by atoms with Crippen molar-refractivity contribution in [2.45, 2.75) is 19.9 Å². The summed E-state index contributed by atoms with van der Waals surface area (Å²) in [5, 5.41) is 16.5. The SMILES string of the molecule is CC(C)NC(=O)c1cc(-n2cccn2)ccc1O. The Hall–Kier alpha value is -2.30. The Balaban J connectivity index is 2.36. The second-order valence-corrected chi connectivity index (χ2v) is 4.28. The standard InChI is InChI=1S/C13H15N3O2/c1-9(2)15-13(18)11-8-10(4-5-12(11)17)16-7-3-6-14-16/h3-9,17H,1-2H3,(H,15,18). The van der Waals surface area contributed by atoms with E-state index in [-0.39, 0.29) is 23.3 Å². The molecule has 0 spiro atoms. The first kappa shape index (κ1) is 12.2. The van der Waals surface area contributed by atoms with Crippen LogP contribution in [-0.2, 0) is 0 Å². The van der Waals surface area contributed by atoms with Crippen molar-refractivity contribution in [3.05, 3.63) is 42.2 Å². The largest absolute Gasteiger partial charge is 0.507 e. The van der Waals surface area contributed by atoms with E-state index in [1.54, 1.807) is 35.3 Å². The second-order valence-electron chi connectivity index (χ2n) is 4.28. The third-order valence-corrected chi connectivity index (χ3v) is 2.41. The molecule has 5 heteroatoms. The zero-order valence-corrected chi connectivity index (χ0v) is 10.3. The summed E-state index contributed by atoms with van der Waals surface area (Å²) in [6.07, 6.45) is 3.43. The molecule has 2 aromatic rings. The lowest BCUT2D eigenvalue weighted by molar-refractivity contribution is 0.0940. The van der Waals surface area contributed by atoms with Gasteiger partial charge in [0.2, 0.25) is 0 Å². The van der Waals surface area contributed by atoms with Gasteiger partial charge in [-0.1, -0.05) is 0 Å². The van der Waals surface area contributed by atoms with Gasteiger partial charge in [-0.3, -0.25) is 4.79 Å². The Morgan fingerprint density at radius 1 is 1.44 bits per heavy atom. The van der Waals surface area contributed by atoms with Gasteiger partial charge in [0.25, 0.3) is 5.91 Å². The number of rotatable bonds is 3. The fraction of sp³-hybridized carbons (Fsp3) is 0.231. The molecule has 5 nitrogen and oxygen atoms in total. The summed E-state index contributed by atoms with van der Waals surface area (Å²) >= 11 is 0. The molecule has 1 amide bonds. The van der Waals surface area contributed by atoms with E-state index >= 15 is 0 Å². The fourth-order valence-corrected chi connectivity index (χ4v) is 1.61. The van der Waals surface area contributed by atoms with E-state index in [1.165, 1.54) is 6.07 Å². The number of amides is 1. The van der Waals surface area contributed by atoms with Crippen LogP contribution in [0.4, 0.5) is 0 Å². The molecule has 2 rings (SSSR count). The zero-order valence-electron chi connectivity index (χ0n) is 10.3. The van der Waals surface area contributed by atoms with Crippen molar-refractivity contribution < 1.29 is 9.90 Å². The molecule has 0 aliphatic heterocycles. The van der Waals surface area contributed by atoms with E-state index in [0.717, 1.165) is 5.69 Å². The summed E-state index contributed by atoms with van der Waals surface area (Å²) in [5.74, 6) is -0.333. The third-order valence-electron chi connectivity index (χ3n) is 2.41. The van der Waals surface area contributed by atoms with Gasteiger partial charge in [0, 0.05) is 18.4 Å². The van der Waals surface area contributed by atoms with Crippen LogP contribution in [0.2, 0.25) is 0 Å². The first-order chi connectivity index (χ1) is 8.58. The van der Waals surface area contributed by atoms with Crippen LogP contribution < -0.4 is 5.32 Å². The van der Waals surface area contributed by atoms with Crippen molar-refractivity contribution >= 4 is 5.91 Å². The van der Waals surface area contributed by atoms with Gasteiger partial charge in [0.1, 0.15) is 5.75 Å². The number of hydrogen-bond acceptors (Lipinski definition) is 3. The van der Waals surface area contributed by atoms with Crippen molar-refractivity contribution in [2.24, 2.45) is 0 Å². The molecule has 2 N–H and O–H groups in total. The Bertz CT molecular complexity index is 547. The number of phenols is 1. The van der Waals surface area contributed by atoms with E-state index in [1.807, 2.05) is 13.8 Å². The Labute approximate surface area is 105 Å². The molecule has 0 radical (unpaired) electrons. The van der Waals surface area contributed by atoms with Crippen molar-refractivity contribution in [3.63, 3.8) is 0 Å². The number of benzene rings is 1. The van der Waals surface area contributed by atoms with E-state index in [2.05, 4.69) is 10.4 Å². The lowest BCUT2D eigenvalue weighted by Crippen LogP contribution is -2.30.